The lowest BCUT2D eigenvalue weighted by molar-refractivity contribution is -0.115. The third-order valence-electron chi connectivity index (χ3n) is 3.58. The lowest BCUT2D eigenvalue weighted by Crippen LogP contribution is -2.22. The molecule has 1 heterocycles. The predicted octanol–water partition coefficient (Wildman–Crippen LogP) is 4.73. The molecular weight excluding hydrogens is 386 g/mol. The number of nitrogens with zero attached hydrogens (tertiary/aromatic N) is 2. The fourth-order valence-electron chi connectivity index (χ4n) is 2.20. The van der Waals surface area contributed by atoms with Gasteiger partial charge in [0.05, 0.1) is 16.0 Å². The molecule has 0 aliphatic heterocycles. The number of nitrogens with one attached hydrogen (secondary N) is 1. The first-order valence-corrected chi connectivity index (χ1v) is 9.51. The first-order chi connectivity index (χ1) is 13.0. The van der Waals surface area contributed by atoms with Crippen LogP contribution in [-0.2, 0) is 11.4 Å². The molecule has 3 aromatic rings. The predicted molar refractivity (Wildman–Crippen MR) is 105 cm³/mol. The highest BCUT2D eigenvalue weighted by Gasteiger charge is 2.19. The molecule has 1 atom stereocenters. The molecule has 0 saturated carbocycles. The average Bonchev–Trinajstić information content (AvgIpc) is 3.09. The van der Waals surface area contributed by atoms with E-state index in [4.69, 9.17) is 20.8 Å². The maximum absolute atomic E-state index is 12.3. The number of amides is 1. The summed E-state index contributed by atoms with van der Waals surface area (Å²) in [6.45, 7) is 3.91. The van der Waals surface area contributed by atoms with Gasteiger partial charge in [0, 0.05) is 0 Å². The van der Waals surface area contributed by atoms with Gasteiger partial charge in [0.15, 0.2) is 6.61 Å². The number of hydrogen-bond acceptors (Lipinski definition) is 6. The zero-order valence-electron chi connectivity index (χ0n) is 14.8. The van der Waals surface area contributed by atoms with Gasteiger partial charge in [-0.25, -0.2) is 0 Å². The van der Waals surface area contributed by atoms with Gasteiger partial charge in [-0.05, 0) is 43.7 Å². The van der Waals surface area contributed by atoms with Crippen LogP contribution in [-0.4, -0.2) is 21.4 Å². The Morgan fingerprint density at radius 3 is 2.85 bits per heavy atom. The van der Waals surface area contributed by atoms with Crippen LogP contribution in [0.3, 0.4) is 0 Å². The third kappa shape index (κ3) is 5.48. The second-order valence-electron chi connectivity index (χ2n) is 5.80. The van der Waals surface area contributed by atoms with E-state index in [1.807, 2.05) is 31.2 Å². The van der Waals surface area contributed by atoms with E-state index < -0.39 is 5.25 Å². The van der Waals surface area contributed by atoms with Crippen molar-refractivity contribution >= 4 is 35.0 Å². The van der Waals surface area contributed by atoms with Crippen molar-refractivity contribution in [3.63, 3.8) is 0 Å². The highest BCUT2D eigenvalue weighted by Crippen LogP contribution is 2.25. The van der Waals surface area contributed by atoms with Crippen molar-refractivity contribution < 1.29 is 13.9 Å². The fraction of sp³-hybridized carbons (Fsp3) is 0.211. The summed E-state index contributed by atoms with van der Waals surface area (Å²) < 4.78 is 11.2. The Bertz CT molecular complexity index is 932. The maximum Gasteiger partial charge on any atom is 0.277 e. The monoisotopic (exact) mass is 403 g/mol. The molecule has 0 fully saturated rings. The van der Waals surface area contributed by atoms with Gasteiger partial charge in [-0.1, -0.05) is 47.6 Å². The van der Waals surface area contributed by atoms with Crippen LogP contribution in [0.5, 0.6) is 5.75 Å². The van der Waals surface area contributed by atoms with Crippen LogP contribution in [0.2, 0.25) is 5.02 Å². The Kier molecular flexibility index (Phi) is 6.36. The number of hydrogen-bond donors (Lipinski definition) is 1. The standard InChI is InChI=1S/C19H18ClN3O3S/c1-12-6-5-7-14(10-12)25-11-17-22-23-19(26-17)27-13(2)18(24)21-16-9-4-3-8-15(16)20/h3-10,13H,11H2,1-2H3,(H,21,24)/t13-/m0/s1. The molecule has 6 nitrogen and oxygen atoms in total. The Morgan fingerprint density at radius 2 is 2.07 bits per heavy atom. The molecule has 27 heavy (non-hydrogen) atoms. The van der Waals surface area contributed by atoms with Crippen LogP contribution >= 0.6 is 23.4 Å². The highest BCUT2D eigenvalue weighted by molar-refractivity contribution is 8.00. The van der Waals surface area contributed by atoms with Gasteiger partial charge in [-0.15, -0.1) is 10.2 Å². The summed E-state index contributed by atoms with van der Waals surface area (Å²) in [7, 11) is 0. The van der Waals surface area contributed by atoms with Crippen LogP contribution in [0.25, 0.3) is 0 Å². The van der Waals surface area contributed by atoms with Crippen LogP contribution in [0.1, 0.15) is 18.4 Å². The van der Waals surface area contributed by atoms with E-state index in [2.05, 4.69) is 15.5 Å². The molecule has 3 rings (SSSR count). The number of halogens is 1. The van der Waals surface area contributed by atoms with E-state index >= 15 is 0 Å². The normalized spacial score (nSPS) is 11.8. The molecule has 1 aromatic heterocycles. The minimum absolute atomic E-state index is 0.164. The van der Waals surface area contributed by atoms with Gasteiger partial charge in [0.2, 0.25) is 5.91 Å². The molecule has 0 unspecified atom stereocenters. The van der Waals surface area contributed by atoms with E-state index in [1.54, 1.807) is 31.2 Å². The molecule has 8 heteroatoms. The number of rotatable bonds is 7. The Balaban J connectivity index is 1.53. The van der Waals surface area contributed by atoms with Crippen molar-refractivity contribution in [2.45, 2.75) is 30.9 Å². The number of thioether (sulfide) groups is 1. The lowest BCUT2D eigenvalue weighted by atomic mass is 10.2. The van der Waals surface area contributed by atoms with Crippen molar-refractivity contribution in [3.05, 3.63) is 65.0 Å². The van der Waals surface area contributed by atoms with Crippen LogP contribution in [0.15, 0.2) is 58.2 Å². The van der Waals surface area contributed by atoms with Gasteiger partial charge >= 0.3 is 0 Å². The number of ether oxygens (including phenoxy) is 1. The van der Waals surface area contributed by atoms with Gasteiger partial charge in [0.1, 0.15) is 5.75 Å². The first-order valence-electron chi connectivity index (χ1n) is 8.25. The van der Waals surface area contributed by atoms with Crippen LogP contribution in [0.4, 0.5) is 5.69 Å². The number of para-hydroxylation sites is 1. The summed E-state index contributed by atoms with van der Waals surface area (Å²) in [5, 5.41) is 11.0. The maximum atomic E-state index is 12.3. The summed E-state index contributed by atoms with van der Waals surface area (Å²) >= 11 is 7.23. The number of aryl methyl sites for hydroxylation is 1. The van der Waals surface area contributed by atoms with Gasteiger partial charge < -0.3 is 14.5 Å². The number of carbonyl (C=O) groups is 1. The van der Waals surface area contributed by atoms with E-state index in [0.717, 1.165) is 11.3 Å². The second-order valence-corrected chi connectivity index (χ2v) is 7.50. The van der Waals surface area contributed by atoms with Crippen molar-refractivity contribution in [1.82, 2.24) is 10.2 Å². The van der Waals surface area contributed by atoms with E-state index in [9.17, 15) is 4.79 Å². The average molecular weight is 404 g/mol. The number of benzene rings is 2. The van der Waals surface area contributed by atoms with E-state index in [0.29, 0.717) is 21.8 Å². The molecule has 0 spiro atoms. The second kappa shape index (κ2) is 8.92. The molecule has 0 bridgehead atoms. The summed E-state index contributed by atoms with van der Waals surface area (Å²) in [4.78, 5) is 12.3. The van der Waals surface area contributed by atoms with Crippen LogP contribution in [0, 0.1) is 6.92 Å². The zero-order valence-corrected chi connectivity index (χ0v) is 16.4. The third-order valence-corrected chi connectivity index (χ3v) is 4.84. The summed E-state index contributed by atoms with van der Waals surface area (Å²) in [6, 6.07) is 14.8. The van der Waals surface area contributed by atoms with Gasteiger partial charge in [-0.2, -0.15) is 0 Å². The number of anilines is 1. The van der Waals surface area contributed by atoms with Gasteiger partial charge in [0.25, 0.3) is 11.1 Å². The van der Waals surface area contributed by atoms with E-state index in [1.165, 1.54) is 11.8 Å². The van der Waals surface area contributed by atoms with Crippen molar-refractivity contribution in [2.75, 3.05) is 5.32 Å². The molecule has 2 aromatic carbocycles. The molecule has 0 aliphatic rings. The topological polar surface area (TPSA) is 77.2 Å². The molecule has 0 radical (unpaired) electrons. The Hall–Kier alpha value is -2.51. The largest absolute Gasteiger partial charge is 0.484 e. The van der Waals surface area contributed by atoms with Gasteiger partial charge in [-0.3, -0.25) is 4.79 Å². The van der Waals surface area contributed by atoms with Crippen LogP contribution < -0.4 is 10.1 Å². The Morgan fingerprint density at radius 1 is 1.26 bits per heavy atom. The minimum Gasteiger partial charge on any atom is -0.484 e. The molecule has 140 valence electrons. The Labute approximate surface area is 166 Å². The SMILES string of the molecule is Cc1cccc(OCc2nnc(S[C@@H](C)C(=O)Nc3ccccc3Cl)o2)c1. The molecular formula is C19H18ClN3O3S. The zero-order chi connectivity index (χ0) is 19.2. The summed E-state index contributed by atoms with van der Waals surface area (Å²) in [5.74, 6) is 0.872. The van der Waals surface area contributed by atoms with Crippen molar-refractivity contribution in [2.24, 2.45) is 0 Å². The molecule has 1 amide bonds. The summed E-state index contributed by atoms with van der Waals surface area (Å²) in [6.07, 6.45) is 0. The number of carbonyl (C=O) groups excluding carboxylic acids is 1. The minimum atomic E-state index is -0.438. The quantitative estimate of drug-likeness (QED) is 0.574. The fourth-order valence-corrected chi connectivity index (χ4v) is 3.08. The van der Waals surface area contributed by atoms with E-state index in [-0.39, 0.29) is 12.5 Å². The number of aromatic nitrogens is 2. The molecule has 0 aliphatic carbocycles. The first kappa shape index (κ1) is 19.3. The smallest absolute Gasteiger partial charge is 0.277 e. The lowest BCUT2D eigenvalue weighted by Gasteiger charge is -2.10. The molecule has 0 saturated heterocycles. The van der Waals surface area contributed by atoms with Crippen molar-refractivity contribution in [3.8, 4) is 5.75 Å². The summed E-state index contributed by atoms with van der Waals surface area (Å²) in [5.41, 5.74) is 1.67. The van der Waals surface area contributed by atoms with Crippen molar-refractivity contribution in [1.29, 1.82) is 0 Å². The highest BCUT2D eigenvalue weighted by atomic mass is 35.5. The molecule has 1 N–H and O–H groups in total.